The van der Waals surface area contributed by atoms with Crippen LogP contribution in [-0.2, 0) is 14.8 Å². The minimum atomic E-state index is -3.85. The van der Waals surface area contributed by atoms with Crippen LogP contribution in [0.2, 0.25) is 5.02 Å². The minimum absolute atomic E-state index is 0.0537. The summed E-state index contributed by atoms with van der Waals surface area (Å²) in [4.78, 5) is 12.0. The topological polar surface area (TPSA) is 75.3 Å². The van der Waals surface area contributed by atoms with Gasteiger partial charge in [0.2, 0.25) is 15.9 Å². The zero-order valence-corrected chi connectivity index (χ0v) is 15.0. The molecule has 5 nitrogen and oxygen atoms in total. The first kappa shape index (κ1) is 18.4. The van der Waals surface area contributed by atoms with E-state index in [-0.39, 0.29) is 22.4 Å². The number of amides is 1. The highest BCUT2D eigenvalue weighted by Gasteiger charge is 2.18. The molecular weight excluding hydrogens is 348 g/mol. The van der Waals surface area contributed by atoms with Gasteiger partial charge in [0.1, 0.15) is 4.90 Å². The fraction of sp³-hybridized carbons (Fsp3) is 0.235. The van der Waals surface area contributed by atoms with Gasteiger partial charge in [-0.2, -0.15) is 0 Å². The lowest BCUT2D eigenvalue weighted by Crippen LogP contribution is -2.33. The average Bonchev–Trinajstić information content (AvgIpc) is 2.53. The number of anilines is 1. The second-order valence-electron chi connectivity index (χ2n) is 5.55. The van der Waals surface area contributed by atoms with Crippen molar-refractivity contribution in [2.45, 2.75) is 24.7 Å². The number of hydrogen-bond donors (Lipinski definition) is 2. The van der Waals surface area contributed by atoms with Crippen molar-refractivity contribution in [3.63, 3.8) is 0 Å². The fourth-order valence-corrected chi connectivity index (χ4v) is 3.71. The quantitative estimate of drug-likeness (QED) is 0.822. The Morgan fingerprint density at radius 1 is 1.08 bits per heavy atom. The second kappa shape index (κ2) is 7.79. The third kappa shape index (κ3) is 4.56. The summed E-state index contributed by atoms with van der Waals surface area (Å²) >= 11 is 5.89. The molecule has 0 saturated carbocycles. The number of hydrogen-bond acceptors (Lipinski definition) is 3. The summed E-state index contributed by atoms with van der Waals surface area (Å²) in [5.74, 6) is -0.208. The predicted octanol–water partition coefficient (Wildman–Crippen LogP) is 3.38. The van der Waals surface area contributed by atoms with Gasteiger partial charge in [-0.15, -0.1) is 0 Å². The highest BCUT2D eigenvalue weighted by molar-refractivity contribution is 7.89. The summed E-state index contributed by atoms with van der Waals surface area (Å²) in [6.07, 6.45) is 0. The van der Waals surface area contributed by atoms with Crippen molar-refractivity contribution in [2.24, 2.45) is 0 Å². The van der Waals surface area contributed by atoms with Gasteiger partial charge in [0.15, 0.2) is 0 Å². The number of halogens is 1. The van der Waals surface area contributed by atoms with Crippen molar-refractivity contribution in [1.82, 2.24) is 4.72 Å². The molecule has 0 aliphatic carbocycles. The molecule has 2 aromatic carbocycles. The van der Waals surface area contributed by atoms with Crippen LogP contribution in [0.15, 0.2) is 53.4 Å². The first-order chi connectivity index (χ1) is 11.3. The molecule has 0 bridgehead atoms. The molecule has 0 aromatic heterocycles. The first-order valence-corrected chi connectivity index (χ1v) is 9.30. The van der Waals surface area contributed by atoms with Gasteiger partial charge in [0.05, 0.1) is 11.6 Å². The third-order valence-electron chi connectivity index (χ3n) is 3.41. The summed E-state index contributed by atoms with van der Waals surface area (Å²) < 4.78 is 26.7. The molecule has 2 N–H and O–H groups in total. The van der Waals surface area contributed by atoms with Crippen molar-refractivity contribution < 1.29 is 13.2 Å². The molecule has 0 atom stereocenters. The minimum Gasteiger partial charge on any atom is -0.325 e. The predicted molar refractivity (Wildman–Crippen MR) is 95.8 cm³/mol. The Labute approximate surface area is 147 Å². The normalized spacial score (nSPS) is 11.5. The molecule has 0 fully saturated rings. The lowest BCUT2D eigenvalue weighted by molar-refractivity contribution is -0.115. The van der Waals surface area contributed by atoms with E-state index < -0.39 is 15.9 Å². The van der Waals surface area contributed by atoms with E-state index in [1.807, 2.05) is 32.0 Å². The molecule has 128 valence electrons. The Bertz CT molecular complexity index is 835. The summed E-state index contributed by atoms with van der Waals surface area (Å²) in [5.41, 5.74) is 1.66. The van der Waals surface area contributed by atoms with Crippen molar-refractivity contribution in [1.29, 1.82) is 0 Å². The Hall–Kier alpha value is -1.89. The van der Waals surface area contributed by atoms with Crippen molar-refractivity contribution >= 4 is 33.2 Å². The molecule has 0 aliphatic rings. The summed E-state index contributed by atoms with van der Waals surface area (Å²) in [6, 6.07) is 13.5. The fourth-order valence-electron chi connectivity index (χ4n) is 2.21. The zero-order chi connectivity index (χ0) is 17.7. The van der Waals surface area contributed by atoms with E-state index in [1.54, 1.807) is 18.2 Å². The van der Waals surface area contributed by atoms with Crippen LogP contribution in [0, 0.1) is 0 Å². The molecule has 2 rings (SSSR count). The van der Waals surface area contributed by atoms with Gasteiger partial charge >= 0.3 is 0 Å². The molecule has 0 spiro atoms. The van der Waals surface area contributed by atoms with Crippen LogP contribution < -0.4 is 10.0 Å². The lowest BCUT2D eigenvalue weighted by Gasteiger charge is -2.14. The molecule has 7 heteroatoms. The molecule has 0 radical (unpaired) electrons. The SMILES string of the molecule is CC(C)c1ccccc1NC(=O)CNS(=O)(=O)c1ccccc1Cl. The molecule has 0 unspecified atom stereocenters. The van der Waals surface area contributed by atoms with E-state index in [9.17, 15) is 13.2 Å². The number of carbonyl (C=O) groups is 1. The molecule has 2 aromatic rings. The Balaban J connectivity index is 2.05. The van der Waals surface area contributed by atoms with Crippen molar-refractivity contribution in [3.8, 4) is 0 Å². The monoisotopic (exact) mass is 366 g/mol. The number of para-hydroxylation sites is 1. The Kier molecular flexibility index (Phi) is 5.99. The van der Waals surface area contributed by atoms with Gasteiger partial charge in [0.25, 0.3) is 0 Å². The van der Waals surface area contributed by atoms with E-state index in [4.69, 9.17) is 11.6 Å². The molecule has 0 saturated heterocycles. The Morgan fingerprint density at radius 3 is 2.38 bits per heavy atom. The van der Waals surface area contributed by atoms with Gasteiger partial charge < -0.3 is 5.32 Å². The van der Waals surface area contributed by atoms with Crippen LogP contribution in [-0.4, -0.2) is 20.9 Å². The third-order valence-corrected chi connectivity index (χ3v) is 5.31. The number of benzene rings is 2. The van der Waals surface area contributed by atoms with Gasteiger partial charge in [-0.05, 0) is 29.7 Å². The van der Waals surface area contributed by atoms with Crippen LogP contribution >= 0.6 is 11.6 Å². The van der Waals surface area contributed by atoms with Crippen LogP contribution in [0.1, 0.15) is 25.3 Å². The second-order valence-corrected chi connectivity index (χ2v) is 7.69. The van der Waals surface area contributed by atoms with Gasteiger partial charge in [0, 0.05) is 5.69 Å². The number of carbonyl (C=O) groups excluding carboxylic acids is 1. The zero-order valence-electron chi connectivity index (χ0n) is 13.4. The molecule has 0 heterocycles. The summed E-state index contributed by atoms with van der Waals surface area (Å²) in [5, 5.41) is 2.84. The van der Waals surface area contributed by atoms with Gasteiger partial charge in [-0.3, -0.25) is 4.79 Å². The van der Waals surface area contributed by atoms with Crippen molar-refractivity contribution in [3.05, 3.63) is 59.1 Å². The molecular formula is C17H19ClN2O3S. The number of rotatable bonds is 6. The molecule has 0 aliphatic heterocycles. The van der Waals surface area contributed by atoms with Crippen LogP contribution in [0.3, 0.4) is 0 Å². The van der Waals surface area contributed by atoms with Crippen LogP contribution in [0.5, 0.6) is 0 Å². The van der Waals surface area contributed by atoms with E-state index in [0.717, 1.165) is 5.56 Å². The van der Waals surface area contributed by atoms with Crippen LogP contribution in [0.4, 0.5) is 5.69 Å². The maximum atomic E-state index is 12.2. The molecule has 24 heavy (non-hydrogen) atoms. The Morgan fingerprint density at radius 2 is 1.71 bits per heavy atom. The van der Waals surface area contributed by atoms with Gasteiger partial charge in [-0.25, -0.2) is 13.1 Å². The largest absolute Gasteiger partial charge is 0.325 e. The summed E-state index contributed by atoms with van der Waals surface area (Å²) in [7, 11) is -3.85. The van der Waals surface area contributed by atoms with Crippen molar-refractivity contribution in [2.75, 3.05) is 11.9 Å². The van der Waals surface area contributed by atoms with E-state index >= 15 is 0 Å². The number of sulfonamides is 1. The highest BCUT2D eigenvalue weighted by atomic mass is 35.5. The average molecular weight is 367 g/mol. The highest BCUT2D eigenvalue weighted by Crippen LogP contribution is 2.23. The maximum Gasteiger partial charge on any atom is 0.242 e. The van der Waals surface area contributed by atoms with Crippen LogP contribution in [0.25, 0.3) is 0 Å². The van der Waals surface area contributed by atoms with E-state index in [0.29, 0.717) is 5.69 Å². The summed E-state index contributed by atoms with van der Waals surface area (Å²) in [6.45, 7) is 3.66. The van der Waals surface area contributed by atoms with Gasteiger partial charge in [-0.1, -0.05) is 55.8 Å². The molecule has 1 amide bonds. The lowest BCUT2D eigenvalue weighted by atomic mass is 10.0. The smallest absolute Gasteiger partial charge is 0.242 e. The van der Waals surface area contributed by atoms with E-state index in [1.165, 1.54) is 12.1 Å². The maximum absolute atomic E-state index is 12.2. The van der Waals surface area contributed by atoms with E-state index in [2.05, 4.69) is 10.0 Å². The number of nitrogens with one attached hydrogen (secondary N) is 2. The standard InChI is InChI=1S/C17H19ClN2O3S/c1-12(2)13-7-3-5-9-15(13)20-17(21)11-19-24(22,23)16-10-6-4-8-14(16)18/h3-10,12,19H,11H2,1-2H3,(H,20,21). The first-order valence-electron chi connectivity index (χ1n) is 7.44.